The molecule has 116 valence electrons. The van der Waals surface area contributed by atoms with Gasteiger partial charge in [-0.2, -0.15) is 0 Å². The van der Waals surface area contributed by atoms with Crippen LogP contribution in [0.25, 0.3) is 0 Å². The maximum Gasteiger partial charge on any atom is 0.0695 e. The first-order valence-electron chi connectivity index (χ1n) is 8.64. The van der Waals surface area contributed by atoms with Crippen LogP contribution in [0.1, 0.15) is 57.4 Å². The lowest BCUT2D eigenvalue weighted by Crippen LogP contribution is -2.49. The summed E-state index contributed by atoms with van der Waals surface area (Å²) < 4.78 is 0. The summed E-state index contributed by atoms with van der Waals surface area (Å²) in [6.45, 7) is 5.71. The van der Waals surface area contributed by atoms with Gasteiger partial charge < -0.3 is 5.11 Å². The van der Waals surface area contributed by atoms with Gasteiger partial charge in [0.15, 0.2) is 0 Å². The maximum absolute atomic E-state index is 10.6. The minimum absolute atomic E-state index is 0.135. The van der Waals surface area contributed by atoms with Gasteiger partial charge in [-0.15, -0.1) is 0 Å². The van der Waals surface area contributed by atoms with E-state index < -0.39 is 0 Å². The fraction of sp³-hybridized carbons (Fsp3) is 0.684. The third-order valence-corrected chi connectivity index (χ3v) is 5.07. The fourth-order valence-corrected chi connectivity index (χ4v) is 3.90. The first kappa shape index (κ1) is 15.1. The molecule has 0 bridgehead atoms. The van der Waals surface area contributed by atoms with Gasteiger partial charge in [-0.05, 0) is 49.5 Å². The van der Waals surface area contributed by atoms with Gasteiger partial charge in [0.25, 0.3) is 0 Å². The Morgan fingerprint density at radius 1 is 1.10 bits per heavy atom. The minimum Gasteiger partial charge on any atom is -0.391 e. The van der Waals surface area contributed by atoms with Crippen molar-refractivity contribution < 1.29 is 5.11 Å². The molecule has 2 fully saturated rings. The van der Waals surface area contributed by atoms with Crippen LogP contribution in [0.5, 0.6) is 0 Å². The Labute approximate surface area is 129 Å². The van der Waals surface area contributed by atoms with Gasteiger partial charge in [0.2, 0.25) is 0 Å². The molecule has 3 unspecified atom stereocenters. The molecule has 0 spiro atoms. The summed E-state index contributed by atoms with van der Waals surface area (Å²) >= 11 is 0. The first-order chi connectivity index (χ1) is 10.1. The fourth-order valence-electron chi connectivity index (χ4n) is 3.90. The van der Waals surface area contributed by atoms with Crippen LogP contribution in [-0.4, -0.2) is 34.7 Å². The normalized spacial score (nSPS) is 30.0. The van der Waals surface area contributed by atoms with E-state index in [0.29, 0.717) is 17.9 Å². The first-order valence-corrected chi connectivity index (χ1v) is 8.64. The molecule has 21 heavy (non-hydrogen) atoms. The summed E-state index contributed by atoms with van der Waals surface area (Å²) in [5, 5.41) is 10.6. The van der Waals surface area contributed by atoms with Gasteiger partial charge in [0.05, 0.1) is 6.10 Å². The van der Waals surface area contributed by atoms with Crippen molar-refractivity contribution >= 4 is 0 Å². The van der Waals surface area contributed by atoms with Crippen LogP contribution in [0.4, 0.5) is 0 Å². The van der Waals surface area contributed by atoms with Crippen molar-refractivity contribution in [1.29, 1.82) is 0 Å². The molecule has 2 nitrogen and oxygen atoms in total. The van der Waals surface area contributed by atoms with E-state index in [2.05, 4.69) is 49.1 Å². The quantitative estimate of drug-likeness (QED) is 0.890. The molecule has 0 aromatic heterocycles. The van der Waals surface area contributed by atoms with E-state index in [1.807, 2.05) is 0 Å². The summed E-state index contributed by atoms with van der Waals surface area (Å²) in [7, 11) is 0. The predicted octanol–water partition coefficient (Wildman–Crippen LogP) is 3.80. The zero-order chi connectivity index (χ0) is 14.8. The Balaban J connectivity index is 1.73. The van der Waals surface area contributed by atoms with E-state index in [1.165, 1.54) is 18.4 Å². The second-order valence-electron chi connectivity index (χ2n) is 7.38. The second-order valence-corrected chi connectivity index (χ2v) is 7.38. The van der Waals surface area contributed by atoms with Crippen LogP contribution in [0.3, 0.4) is 0 Å². The van der Waals surface area contributed by atoms with Crippen molar-refractivity contribution in [2.75, 3.05) is 6.54 Å². The molecule has 2 saturated carbocycles. The summed E-state index contributed by atoms with van der Waals surface area (Å²) in [5.74, 6) is 1.29. The molecule has 0 saturated heterocycles. The molecule has 2 aliphatic carbocycles. The van der Waals surface area contributed by atoms with Crippen LogP contribution in [-0.2, 0) is 0 Å². The molecule has 1 aromatic carbocycles. The number of aliphatic hydroxyl groups is 1. The molecule has 1 N–H and O–H groups in total. The third kappa shape index (κ3) is 3.67. The lowest BCUT2D eigenvalue weighted by atomic mass is 9.79. The van der Waals surface area contributed by atoms with Crippen LogP contribution < -0.4 is 0 Å². The third-order valence-electron chi connectivity index (χ3n) is 5.07. The van der Waals surface area contributed by atoms with Crippen LogP contribution in [0.15, 0.2) is 30.3 Å². The van der Waals surface area contributed by atoms with E-state index in [1.54, 1.807) is 0 Å². The molecule has 3 atom stereocenters. The number of nitrogens with zero attached hydrogens (tertiary/aromatic N) is 1. The molecule has 0 amide bonds. The lowest BCUT2D eigenvalue weighted by Gasteiger charge is -2.42. The van der Waals surface area contributed by atoms with Crippen molar-refractivity contribution in [2.24, 2.45) is 5.92 Å². The van der Waals surface area contributed by atoms with Gasteiger partial charge in [-0.25, -0.2) is 0 Å². The summed E-state index contributed by atoms with van der Waals surface area (Å²) in [6, 6.07) is 12.0. The van der Waals surface area contributed by atoms with Crippen molar-refractivity contribution in [3.8, 4) is 0 Å². The van der Waals surface area contributed by atoms with E-state index >= 15 is 0 Å². The van der Waals surface area contributed by atoms with Gasteiger partial charge >= 0.3 is 0 Å². The Morgan fingerprint density at radius 2 is 1.81 bits per heavy atom. The number of hydrogen-bond donors (Lipinski definition) is 1. The SMILES string of the molecule is CC(C)CN(C1CC1)C1CC(c2ccccc2)CCC1O. The molecule has 3 rings (SSSR count). The Bertz CT molecular complexity index is 440. The average molecular weight is 287 g/mol. The summed E-state index contributed by atoms with van der Waals surface area (Å²) in [4.78, 5) is 2.63. The number of hydrogen-bond acceptors (Lipinski definition) is 2. The van der Waals surface area contributed by atoms with E-state index in [-0.39, 0.29) is 6.10 Å². The second kappa shape index (κ2) is 6.50. The monoisotopic (exact) mass is 287 g/mol. The van der Waals surface area contributed by atoms with Crippen LogP contribution in [0.2, 0.25) is 0 Å². The molecular formula is C19H29NO. The molecule has 2 heteroatoms. The van der Waals surface area contributed by atoms with Crippen molar-refractivity contribution in [3.05, 3.63) is 35.9 Å². The molecule has 0 aliphatic heterocycles. The zero-order valence-corrected chi connectivity index (χ0v) is 13.4. The highest BCUT2D eigenvalue weighted by molar-refractivity contribution is 5.21. The van der Waals surface area contributed by atoms with Gasteiger partial charge in [0, 0.05) is 18.6 Å². The lowest BCUT2D eigenvalue weighted by molar-refractivity contribution is 0.00419. The minimum atomic E-state index is -0.135. The largest absolute Gasteiger partial charge is 0.391 e. The Morgan fingerprint density at radius 3 is 2.43 bits per heavy atom. The van der Waals surface area contributed by atoms with Crippen LogP contribution >= 0.6 is 0 Å². The number of rotatable bonds is 5. The molecule has 0 heterocycles. The molecule has 1 aromatic rings. The Kier molecular flexibility index (Phi) is 4.66. The highest BCUT2D eigenvalue weighted by atomic mass is 16.3. The van der Waals surface area contributed by atoms with Crippen molar-refractivity contribution in [1.82, 2.24) is 4.90 Å². The van der Waals surface area contributed by atoms with Crippen molar-refractivity contribution in [3.63, 3.8) is 0 Å². The molecular weight excluding hydrogens is 258 g/mol. The van der Waals surface area contributed by atoms with Gasteiger partial charge in [0.1, 0.15) is 0 Å². The van der Waals surface area contributed by atoms with E-state index in [0.717, 1.165) is 31.8 Å². The topological polar surface area (TPSA) is 23.5 Å². The zero-order valence-electron chi connectivity index (χ0n) is 13.4. The van der Waals surface area contributed by atoms with Crippen LogP contribution in [0, 0.1) is 5.92 Å². The summed E-state index contributed by atoms with van der Waals surface area (Å²) in [6.07, 6.45) is 5.71. The number of aliphatic hydroxyl groups excluding tert-OH is 1. The van der Waals surface area contributed by atoms with E-state index in [9.17, 15) is 5.11 Å². The Hall–Kier alpha value is -0.860. The van der Waals surface area contributed by atoms with Gasteiger partial charge in [-0.3, -0.25) is 4.90 Å². The molecule has 0 radical (unpaired) electrons. The summed E-state index contributed by atoms with van der Waals surface area (Å²) in [5.41, 5.74) is 1.45. The molecule has 2 aliphatic rings. The van der Waals surface area contributed by atoms with Crippen molar-refractivity contribution in [2.45, 2.75) is 70.1 Å². The predicted molar refractivity (Wildman–Crippen MR) is 87.4 cm³/mol. The highest BCUT2D eigenvalue weighted by Crippen LogP contribution is 2.39. The smallest absolute Gasteiger partial charge is 0.0695 e. The highest BCUT2D eigenvalue weighted by Gasteiger charge is 2.40. The maximum atomic E-state index is 10.6. The van der Waals surface area contributed by atoms with Gasteiger partial charge in [-0.1, -0.05) is 44.2 Å². The number of benzene rings is 1. The average Bonchev–Trinajstić information content (AvgIpc) is 3.31. The standard InChI is InChI=1S/C19H29NO/c1-14(2)13-20(17-9-10-17)18-12-16(8-11-19(18)21)15-6-4-3-5-7-15/h3-7,14,16-19,21H,8-13H2,1-2H3. The van der Waals surface area contributed by atoms with E-state index in [4.69, 9.17) is 0 Å².